The molecule has 10 aromatic rings. The number of methoxy groups -OCH3 is 2. The van der Waals surface area contributed by atoms with Crippen molar-refractivity contribution >= 4 is 58.2 Å². The molecule has 342 valence electrons. The van der Waals surface area contributed by atoms with Gasteiger partial charge in [0, 0.05) is 44.5 Å². The number of ether oxygens (including phenoxy) is 4. The Labute approximate surface area is 419 Å². The molecule has 4 nitrogen and oxygen atoms in total. The summed E-state index contributed by atoms with van der Waals surface area (Å²) in [6.07, 6.45) is 0. The lowest BCUT2D eigenvalue weighted by Gasteiger charge is -2.26. The third-order valence-electron chi connectivity index (χ3n) is 12.4. The first-order valence-corrected chi connectivity index (χ1v) is 25.2. The Morgan fingerprint density at radius 3 is 0.943 bits per heavy atom. The zero-order valence-corrected chi connectivity index (χ0v) is 43.3. The lowest BCUT2D eigenvalue weighted by atomic mass is 9.85. The van der Waals surface area contributed by atoms with Crippen LogP contribution in [0.1, 0.15) is 0 Å². The summed E-state index contributed by atoms with van der Waals surface area (Å²) in [6.45, 7) is 0. The molecule has 0 aliphatic heterocycles. The molecule has 4 atom stereocenters. The topological polar surface area (TPSA) is 36.9 Å². The molecule has 0 fully saturated rings. The second-order valence-electron chi connectivity index (χ2n) is 16.8. The van der Waals surface area contributed by atoms with E-state index in [1.54, 1.807) is 14.2 Å². The molecule has 10 aromatic carbocycles. The first-order valence-electron chi connectivity index (χ1n) is 22.9. The Morgan fingerprint density at radius 1 is 0.271 bits per heavy atom. The van der Waals surface area contributed by atoms with Gasteiger partial charge in [0.15, 0.2) is 0 Å². The largest absolute Gasteiger partial charge is 0.496 e. The number of rotatable bonds is 13. The van der Waals surface area contributed by atoms with Crippen LogP contribution in [0.15, 0.2) is 218 Å². The van der Waals surface area contributed by atoms with Crippen LogP contribution in [0.5, 0.6) is 34.5 Å². The number of hydrogen-bond donors (Lipinski definition) is 0. The van der Waals surface area contributed by atoms with Crippen LogP contribution in [-0.2, 0) is 0 Å². The van der Waals surface area contributed by atoms with Gasteiger partial charge in [-0.3, -0.25) is 0 Å². The molecule has 70 heavy (non-hydrogen) atoms. The maximum Gasteiger partial charge on any atom is 0.143 e. The molecule has 0 bridgehead atoms. The maximum absolute atomic E-state index is 7.44. The first-order chi connectivity index (χ1) is 34.3. The minimum atomic E-state index is 0.662. The zero-order valence-electron chi connectivity index (χ0n) is 38.7. The predicted molar refractivity (Wildman–Crippen MR) is 308 cm³/mol. The molecule has 0 radical (unpaired) electrons. The van der Waals surface area contributed by atoms with E-state index in [9.17, 15) is 0 Å². The number of benzene rings is 10. The van der Waals surface area contributed by atoms with Crippen molar-refractivity contribution in [2.45, 2.75) is 0 Å². The average molecular weight is 983 g/mol. The van der Waals surface area contributed by atoms with Gasteiger partial charge in [-0.25, -0.2) is 0 Å². The molecule has 8 heteroatoms. The maximum atomic E-state index is 7.44. The van der Waals surface area contributed by atoms with Crippen LogP contribution >= 0.6 is 37.0 Å². The summed E-state index contributed by atoms with van der Waals surface area (Å²) < 4.78 is 27.8. The van der Waals surface area contributed by atoms with E-state index < -0.39 is 0 Å². The third-order valence-corrected chi connectivity index (χ3v) is 14.1. The minimum absolute atomic E-state index is 0.662. The van der Waals surface area contributed by atoms with Crippen LogP contribution in [0.2, 0.25) is 0 Å². The fourth-order valence-electron chi connectivity index (χ4n) is 9.17. The van der Waals surface area contributed by atoms with Crippen molar-refractivity contribution in [3.8, 4) is 112 Å². The third kappa shape index (κ3) is 9.42. The summed E-state index contributed by atoms with van der Waals surface area (Å²) in [6, 6.07) is 75.2. The molecule has 0 spiro atoms. The Morgan fingerprint density at radius 2 is 0.600 bits per heavy atom. The predicted octanol–water partition coefficient (Wildman–Crippen LogP) is 15.0. The molecule has 0 aromatic heterocycles. The van der Waals surface area contributed by atoms with Crippen LogP contribution in [0.4, 0.5) is 0 Å². The van der Waals surface area contributed by atoms with Gasteiger partial charge < -0.3 is 18.9 Å². The van der Waals surface area contributed by atoms with Crippen LogP contribution < -0.4 is 40.2 Å². The van der Waals surface area contributed by atoms with Gasteiger partial charge in [-0.15, -0.1) is 37.0 Å². The molecule has 0 amide bonds. The zero-order chi connectivity index (χ0) is 48.1. The van der Waals surface area contributed by atoms with E-state index in [4.69, 9.17) is 18.9 Å². The lowest BCUT2D eigenvalue weighted by molar-refractivity contribution is 0.410. The average Bonchev–Trinajstić information content (AvgIpc) is 3.39. The molecule has 10 rings (SSSR count). The molecule has 0 aliphatic carbocycles. The van der Waals surface area contributed by atoms with Gasteiger partial charge in [0.1, 0.15) is 34.5 Å². The minimum Gasteiger partial charge on any atom is -0.496 e. The highest BCUT2D eigenvalue weighted by Gasteiger charge is 2.29. The molecular weight excluding hydrogens is 933 g/mol. The monoisotopic (exact) mass is 982 g/mol. The Bertz CT molecular complexity index is 3260. The second kappa shape index (κ2) is 21.0. The summed E-state index contributed by atoms with van der Waals surface area (Å²) in [5, 5.41) is 3.89. The highest BCUT2D eigenvalue weighted by atomic mass is 31.0. The van der Waals surface area contributed by atoms with Gasteiger partial charge >= 0.3 is 0 Å². The lowest BCUT2D eigenvalue weighted by Crippen LogP contribution is -2.07. The van der Waals surface area contributed by atoms with E-state index in [1.807, 2.05) is 48.5 Å². The fraction of sp³-hybridized carbons (Fsp3) is 0.0323. The summed E-state index contributed by atoms with van der Waals surface area (Å²) >= 11 is 0. The van der Waals surface area contributed by atoms with Crippen molar-refractivity contribution in [3.05, 3.63) is 218 Å². The molecule has 0 saturated carbocycles. The van der Waals surface area contributed by atoms with E-state index in [0.717, 1.165) is 111 Å². The van der Waals surface area contributed by atoms with Crippen molar-refractivity contribution in [2.75, 3.05) is 14.2 Å². The molecule has 0 aliphatic rings. The van der Waals surface area contributed by atoms with Crippen LogP contribution in [0.3, 0.4) is 0 Å². The standard InChI is InChI=1S/C62H50O4P4/c1-63-51-27-15-25-49(59-55(69)35-33-47(41-21-11-5-12-22-41)61(59)65-53-37-43(67)29-31-45(53)39-17-7-3-8-18-39)57(51)58-50(26-16-28-52(58)64-2)60-56(70)36-34-48(42-23-13-6-14-24-42)62(60)66-54-38-44(68)30-32-46(54)40-19-9-4-10-20-40/h3-38H,67-70H2,1-2H3. The summed E-state index contributed by atoms with van der Waals surface area (Å²) in [4.78, 5) is 0. The van der Waals surface area contributed by atoms with Crippen molar-refractivity contribution in [2.24, 2.45) is 0 Å². The molecule has 0 N–H and O–H groups in total. The van der Waals surface area contributed by atoms with E-state index in [0.29, 0.717) is 23.0 Å². The highest BCUT2D eigenvalue weighted by Crippen LogP contribution is 2.54. The highest BCUT2D eigenvalue weighted by molar-refractivity contribution is 7.28. The second-order valence-corrected chi connectivity index (χ2v) is 19.3. The fourth-order valence-corrected chi connectivity index (χ4v) is 10.4. The normalized spacial score (nSPS) is 11.0. The Kier molecular flexibility index (Phi) is 14.0. The van der Waals surface area contributed by atoms with Gasteiger partial charge in [-0.05, 0) is 91.0 Å². The summed E-state index contributed by atoms with van der Waals surface area (Å²) in [7, 11) is 15.1. The SMILES string of the molecule is COc1cccc(-c2c(P)ccc(-c3ccccc3)c2Oc2cc(P)ccc2-c2ccccc2)c1-c1c(OC)cccc1-c1c(P)ccc(-c2ccccc2)c1Oc1cc(P)ccc1-c1ccccc1. The summed E-state index contributed by atoms with van der Waals surface area (Å²) in [5.41, 5.74) is 13.2. The van der Waals surface area contributed by atoms with Crippen LogP contribution in [0, 0.1) is 0 Å². The van der Waals surface area contributed by atoms with Crippen molar-refractivity contribution < 1.29 is 18.9 Å². The molecule has 0 saturated heterocycles. The Hall–Kier alpha value is -6.88. The number of hydrogen-bond acceptors (Lipinski definition) is 4. The van der Waals surface area contributed by atoms with E-state index >= 15 is 0 Å². The molecular formula is C62H50O4P4. The van der Waals surface area contributed by atoms with Crippen molar-refractivity contribution in [1.82, 2.24) is 0 Å². The van der Waals surface area contributed by atoms with Gasteiger partial charge in [0.25, 0.3) is 0 Å². The smallest absolute Gasteiger partial charge is 0.143 e. The Balaban J connectivity index is 1.27. The summed E-state index contributed by atoms with van der Waals surface area (Å²) in [5.74, 6) is 4.18. The first kappa shape index (κ1) is 46.8. The van der Waals surface area contributed by atoms with Gasteiger partial charge in [-0.1, -0.05) is 182 Å². The van der Waals surface area contributed by atoms with Crippen molar-refractivity contribution in [3.63, 3.8) is 0 Å². The molecule has 0 heterocycles. The van der Waals surface area contributed by atoms with Crippen LogP contribution in [-0.4, -0.2) is 14.2 Å². The van der Waals surface area contributed by atoms with E-state index in [1.165, 1.54) is 0 Å². The van der Waals surface area contributed by atoms with Crippen LogP contribution in [0.25, 0.3) is 77.9 Å². The van der Waals surface area contributed by atoms with Crippen molar-refractivity contribution in [1.29, 1.82) is 0 Å². The van der Waals surface area contributed by atoms with Gasteiger partial charge in [-0.2, -0.15) is 0 Å². The molecule has 4 unspecified atom stereocenters. The van der Waals surface area contributed by atoms with Gasteiger partial charge in [0.05, 0.1) is 14.2 Å². The van der Waals surface area contributed by atoms with Gasteiger partial charge in [0.2, 0.25) is 0 Å². The van der Waals surface area contributed by atoms with E-state index in [-0.39, 0.29) is 0 Å². The van der Waals surface area contributed by atoms with E-state index in [2.05, 4.69) is 207 Å². The quantitative estimate of drug-likeness (QED) is 0.108.